The minimum Gasteiger partial charge on any atom is -0.384 e. The second kappa shape index (κ2) is 3.93. The second-order valence-corrected chi connectivity index (χ2v) is 3.95. The summed E-state index contributed by atoms with van der Waals surface area (Å²) in [4.78, 5) is 2.31. The molecule has 1 aliphatic rings. The maximum Gasteiger partial charge on any atom is 0.122 e. The van der Waals surface area contributed by atoms with Crippen LogP contribution in [0.5, 0.6) is 0 Å². The van der Waals surface area contributed by atoms with E-state index in [9.17, 15) is 0 Å². The van der Waals surface area contributed by atoms with Crippen molar-refractivity contribution in [3.05, 3.63) is 36.2 Å². The Bertz CT molecular complexity index is 378. The van der Waals surface area contributed by atoms with Crippen LogP contribution in [0.15, 0.2) is 18.2 Å². The molecule has 0 aromatic heterocycles. The lowest BCUT2D eigenvalue weighted by Crippen LogP contribution is -2.20. The van der Waals surface area contributed by atoms with Crippen LogP contribution in [0, 0.1) is 12.3 Å². The van der Waals surface area contributed by atoms with E-state index in [0.29, 0.717) is 0 Å². The Balaban J connectivity index is 2.35. The average molecular weight is 202 g/mol. The Morgan fingerprint density at radius 2 is 2.00 bits per heavy atom. The first-order valence-electron chi connectivity index (χ1n) is 5.24. The van der Waals surface area contributed by atoms with Crippen LogP contribution in [-0.2, 0) is 0 Å². The number of benzene rings is 1. The number of nitrogens with zero attached hydrogens (tertiary/aromatic N) is 1. The number of nitrogen functional groups attached to an aromatic ring is 1. The van der Waals surface area contributed by atoms with Crippen molar-refractivity contribution in [3.63, 3.8) is 0 Å². The van der Waals surface area contributed by atoms with Gasteiger partial charge < -0.3 is 10.6 Å². The van der Waals surface area contributed by atoms with Crippen LogP contribution in [0.3, 0.4) is 0 Å². The Labute approximate surface area is 90.4 Å². The van der Waals surface area contributed by atoms with E-state index in [1.807, 2.05) is 18.2 Å². The number of anilines is 1. The normalized spacial score (nSPS) is 15.7. The van der Waals surface area contributed by atoms with Gasteiger partial charge in [0.05, 0.1) is 0 Å². The molecule has 1 aliphatic heterocycles. The fraction of sp³-hybridized carbons (Fsp3) is 0.333. The summed E-state index contributed by atoms with van der Waals surface area (Å²) in [6, 6.07) is 5.75. The average Bonchev–Trinajstić information content (AvgIpc) is 2.71. The van der Waals surface area contributed by atoms with Gasteiger partial charge in [0, 0.05) is 24.3 Å². The lowest BCUT2D eigenvalue weighted by atomic mass is 10.1. The zero-order chi connectivity index (χ0) is 10.8. The predicted molar refractivity (Wildman–Crippen MR) is 63.4 cm³/mol. The Morgan fingerprint density at radius 3 is 2.60 bits per heavy atom. The molecule has 1 aromatic carbocycles. The van der Waals surface area contributed by atoms with Gasteiger partial charge in [0.2, 0.25) is 0 Å². The maximum atomic E-state index is 7.41. The van der Waals surface area contributed by atoms with Crippen molar-refractivity contribution in [1.82, 2.24) is 0 Å². The minimum absolute atomic E-state index is 0.121. The molecule has 0 atom stereocenters. The molecular formula is C12H16N3. The van der Waals surface area contributed by atoms with Crippen LogP contribution in [-0.4, -0.2) is 18.9 Å². The van der Waals surface area contributed by atoms with Crippen molar-refractivity contribution in [2.45, 2.75) is 12.8 Å². The van der Waals surface area contributed by atoms with Gasteiger partial charge in [0.15, 0.2) is 0 Å². The maximum absolute atomic E-state index is 7.41. The Morgan fingerprint density at radius 1 is 1.33 bits per heavy atom. The highest BCUT2D eigenvalue weighted by atomic mass is 15.1. The molecule has 1 heterocycles. The molecule has 0 spiro atoms. The molecule has 15 heavy (non-hydrogen) atoms. The fourth-order valence-electron chi connectivity index (χ4n) is 1.98. The quantitative estimate of drug-likeness (QED) is 0.567. The molecule has 3 N–H and O–H groups in total. The van der Waals surface area contributed by atoms with Gasteiger partial charge in [-0.1, -0.05) is 12.1 Å². The lowest BCUT2D eigenvalue weighted by Gasteiger charge is -2.20. The number of amidine groups is 1. The molecule has 0 aliphatic carbocycles. The van der Waals surface area contributed by atoms with E-state index in [2.05, 4.69) is 11.8 Å². The summed E-state index contributed by atoms with van der Waals surface area (Å²) in [5.41, 5.74) is 8.40. The van der Waals surface area contributed by atoms with Crippen molar-refractivity contribution < 1.29 is 0 Å². The molecule has 0 amide bonds. The summed E-state index contributed by atoms with van der Waals surface area (Å²) in [5, 5.41) is 7.41. The molecule has 3 heteroatoms. The second-order valence-electron chi connectivity index (χ2n) is 3.95. The monoisotopic (exact) mass is 202 g/mol. The molecule has 0 bridgehead atoms. The Hall–Kier alpha value is -1.51. The number of hydrogen-bond donors (Lipinski definition) is 2. The molecule has 0 unspecified atom stereocenters. The molecular weight excluding hydrogens is 186 g/mol. The SMILES string of the molecule is [CH2]c1ccc(C(=N)N)cc1N1CCCC1. The van der Waals surface area contributed by atoms with E-state index in [-0.39, 0.29) is 5.84 Å². The molecule has 79 valence electrons. The Kier molecular flexibility index (Phi) is 2.62. The fourth-order valence-corrected chi connectivity index (χ4v) is 1.98. The highest BCUT2D eigenvalue weighted by molar-refractivity contribution is 5.96. The number of nitrogens with two attached hydrogens (primary N) is 1. The highest BCUT2D eigenvalue weighted by Crippen LogP contribution is 2.25. The first kappa shape index (κ1) is 10.0. The summed E-state index contributed by atoms with van der Waals surface area (Å²) in [6.07, 6.45) is 2.48. The van der Waals surface area contributed by atoms with Crippen molar-refractivity contribution in [1.29, 1.82) is 5.41 Å². The van der Waals surface area contributed by atoms with Crippen molar-refractivity contribution in [2.75, 3.05) is 18.0 Å². The largest absolute Gasteiger partial charge is 0.384 e. The summed E-state index contributed by atoms with van der Waals surface area (Å²) >= 11 is 0. The van der Waals surface area contributed by atoms with Crippen LogP contribution >= 0.6 is 0 Å². The van der Waals surface area contributed by atoms with Gasteiger partial charge in [-0.2, -0.15) is 0 Å². The number of hydrogen-bond acceptors (Lipinski definition) is 2. The van der Waals surface area contributed by atoms with Gasteiger partial charge in [-0.05, 0) is 31.4 Å². The van der Waals surface area contributed by atoms with Crippen LogP contribution in [0.25, 0.3) is 0 Å². The first-order chi connectivity index (χ1) is 7.18. The lowest BCUT2D eigenvalue weighted by molar-refractivity contribution is 0.949. The van der Waals surface area contributed by atoms with Crippen molar-refractivity contribution in [3.8, 4) is 0 Å². The zero-order valence-corrected chi connectivity index (χ0v) is 8.79. The first-order valence-corrected chi connectivity index (χ1v) is 5.24. The molecule has 1 fully saturated rings. The molecule has 1 saturated heterocycles. The van der Waals surface area contributed by atoms with Crippen LogP contribution in [0.2, 0.25) is 0 Å². The van der Waals surface area contributed by atoms with Gasteiger partial charge in [-0.15, -0.1) is 0 Å². The number of nitrogens with one attached hydrogen (secondary N) is 1. The zero-order valence-electron chi connectivity index (χ0n) is 8.79. The van der Waals surface area contributed by atoms with Crippen LogP contribution in [0.1, 0.15) is 24.0 Å². The molecule has 3 nitrogen and oxygen atoms in total. The van der Waals surface area contributed by atoms with Gasteiger partial charge in [-0.3, -0.25) is 5.41 Å². The molecule has 0 saturated carbocycles. The van der Waals surface area contributed by atoms with Crippen LogP contribution in [0.4, 0.5) is 5.69 Å². The molecule has 1 aromatic rings. The van der Waals surface area contributed by atoms with E-state index in [1.54, 1.807) is 0 Å². The van der Waals surface area contributed by atoms with E-state index in [0.717, 1.165) is 29.9 Å². The summed E-state index contributed by atoms with van der Waals surface area (Å²) in [5.74, 6) is 0.121. The standard InChI is InChI=1S/C12H16N3/c1-9-4-5-10(12(13)14)8-11(9)15-6-2-3-7-15/h4-5,8H,1-3,6-7H2,(H3,13,14). The predicted octanol–water partition coefficient (Wildman–Crippen LogP) is 1.75. The summed E-state index contributed by atoms with van der Waals surface area (Å²) < 4.78 is 0. The van der Waals surface area contributed by atoms with Gasteiger partial charge in [-0.25, -0.2) is 0 Å². The summed E-state index contributed by atoms with van der Waals surface area (Å²) in [7, 11) is 0. The van der Waals surface area contributed by atoms with Gasteiger partial charge in [0.1, 0.15) is 5.84 Å². The van der Waals surface area contributed by atoms with Gasteiger partial charge in [0.25, 0.3) is 0 Å². The summed E-state index contributed by atoms with van der Waals surface area (Å²) in [6.45, 7) is 6.19. The third kappa shape index (κ3) is 1.96. The van der Waals surface area contributed by atoms with Crippen molar-refractivity contribution >= 4 is 11.5 Å². The van der Waals surface area contributed by atoms with Crippen LogP contribution < -0.4 is 10.6 Å². The topological polar surface area (TPSA) is 53.1 Å². The van der Waals surface area contributed by atoms with Crippen molar-refractivity contribution in [2.24, 2.45) is 5.73 Å². The third-order valence-corrected chi connectivity index (χ3v) is 2.84. The minimum atomic E-state index is 0.121. The highest BCUT2D eigenvalue weighted by Gasteiger charge is 2.14. The molecule has 2 rings (SSSR count). The third-order valence-electron chi connectivity index (χ3n) is 2.84. The number of rotatable bonds is 2. The van der Waals surface area contributed by atoms with E-state index in [4.69, 9.17) is 11.1 Å². The van der Waals surface area contributed by atoms with E-state index in [1.165, 1.54) is 12.8 Å². The van der Waals surface area contributed by atoms with E-state index >= 15 is 0 Å². The van der Waals surface area contributed by atoms with Gasteiger partial charge >= 0.3 is 0 Å². The smallest absolute Gasteiger partial charge is 0.122 e. The van der Waals surface area contributed by atoms with E-state index < -0.39 is 0 Å². The molecule has 1 radical (unpaired) electrons.